The first-order valence-corrected chi connectivity index (χ1v) is 6.71. The SMILES string of the molecule is Cc1cc(C)cc(C2CNc3ccc(C)cc3O2)c1. The van der Waals surface area contributed by atoms with E-state index in [0.29, 0.717) is 0 Å². The van der Waals surface area contributed by atoms with E-state index in [1.54, 1.807) is 0 Å². The molecule has 0 aliphatic carbocycles. The molecule has 0 saturated heterocycles. The highest BCUT2D eigenvalue weighted by molar-refractivity contribution is 5.59. The molecular formula is C17H19NO. The predicted molar refractivity (Wildman–Crippen MR) is 79.0 cm³/mol. The van der Waals surface area contributed by atoms with Crippen LogP contribution in [0.15, 0.2) is 36.4 Å². The highest BCUT2D eigenvalue weighted by atomic mass is 16.5. The molecule has 0 amide bonds. The van der Waals surface area contributed by atoms with Crippen molar-refractivity contribution in [2.45, 2.75) is 26.9 Å². The summed E-state index contributed by atoms with van der Waals surface area (Å²) in [5.41, 5.74) is 6.13. The first-order chi connectivity index (χ1) is 9.11. The van der Waals surface area contributed by atoms with Crippen LogP contribution >= 0.6 is 0 Å². The molecule has 1 atom stereocenters. The van der Waals surface area contributed by atoms with Gasteiger partial charge in [-0.2, -0.15) is 0 Å². The topological polar surface area (TPSA) is 21.3 Å². The molecule has 98 valence electrons. The van der Waals surface area contributed by atoms with Gasteiger partial charge in [0, 0.05) is 0 Å². The number of hydrogen-bond acceptors (Lipinski definition) is 2. The van der Waals surface area contributed by atoms with Crippen LogP contribution in [0.25, 0.3) is 0 Å². The van der Waals surface area contributed by atoms with E-state index in [0.717, 1.165) is 18.0 Å². The molecule has 1 aliphatic heterocycles. The summed E-state index contributed by atoms with van der Waals surface area (Å²) in [4.78, 5) is 0. The Balaban J connectivity index is 1.92. The molecule has 19 heavy (non-hydrogen) atoms. The lowest BCUT2D eigenvalue weighted by Gasteiger charge is -2.28. The summed E-state index contributed by atoms with van der Waals surface area (Å²) in [5, 5.41) is 3.45. The average Bonchev–Trinajstić information content (AvgIpc) is 2.36. The van der Waals surface area contributed by atoms with Gasteiger partial charge in [0.1, 0.15) is 11.9 Å². The lowest BCUT2D eigenvalue weighted by atomic mass is 10.0. The number of nitrogens with one attached hydrogen (secondary N) is 1. The Morgan fingerprint density at radius 1 is 0.947 bits per heavy atom. The number of hydrogen-bond donors (Lipinski definition) is 1. The van der Waals surface area contributed by atoms with Gasteiger partial charge in [0.05, 0.1) is 12.2 Å². The molecule has 3 rings (SSSR count). The van der Waals surface area contributed by atoms with E-state index in [-0.39, 0.29) is 6.10 Å². The van der Waals surface area contributed by atoms with Crippen molar-refractivity contribution in [3.05, 3.63) is 58.7 Å². The van der Waals surface area contributed by atoms with E-state index >= 15 is 0 Å². The van der Waals surface area contributed by atoms with E-state index in [1.807, 2.05) is 0 Å². The van der Waals surface area contributed by atoms with Crippen LogP contribution in [0, 0.1) is 20.8 Å². The number of benzene rings is 2. The van der Waals surface area contributed by atoms with E-state index in [4.69, 9.17) is 4.74 Å². The van der Waals surface area contributed by atoms with Crippen molar-refractivity contribution in [2.24, 2.45) is 0 Å². The summed E-state index contributed by atoms with van der Waals surface area (Å²) in [7, 11) is 0. The molecule has 2 aromatic rings. The molecule has 2 nitrogen and oxygen atoms in total. The third-order valence-electron chi connectivity index (χ3n) is 3.50. The van der Waals surface area contributed by atoms with Gasteiger partial charge in [-0.1, -0.05) is 35.4 Å². The fraction of sp³-hybridized carbons (Fsp3) is 0.294. The molecule has 0 aromatic heterocycles. The highest BCUT2D eigenvalue weighted by Crippen LogP contribution is 2.35. The van der Waals surface area contributed by atoms with Crippen molar-refractivity contribution >= 4 is 5.69 Å². The van der Waals surface area contributed by atoms with Gasteiger partial charge in [-0.05, 0) is 44.0 Å². The molecule has 1 N–H and O–H groups in total. The summed E-state index contributed by atoms with van der Waals surface area (Å²) in [6.07, 6.45) is 0.0906. The van der Waals surface area contributed by atoms with Gasteiger partial charge in [0.2, 0.25) is 0 Å². The minimum atomic E-state index is 0.0906. The second-order valence-electron chi connectivity index (χ2n) is 5.41. The number of aryl methyl sites for hydroxylation is 3. The van der Waals surface area contributed by atoms with E-state index in [1.165, 1.54) is 22.3 Å². The van der Waals surface area contributed by atoms with Crippen LogP contribution in [0.5, 0.6) is 5.75 Å². The van der Waals surface area contributed by atoms with Crippen LogP contribution < -0.4 is 10.1 Å². The minimum absolute atomic E-state index is 0.0906. The Morgan fingerprint density at radius 2 is 1.68 bits per heavy atom. The van der Waals surface area contributed by atoms with Crippen LogP contribution in [-0.2, 0) is 0 Å². The van der Waals surface area contributed by atoms with Crippen molar-refractivity contribution in [2.75, 3.05) is 11.9 Å². The number of ether oxygens (including phenoxy) is 1. The lowest BCUT2D eigenvalue weighted by molar-refractivity contribution is 0.210. The van der Waals surface area contributed by atoms with Gasteiger partial charge < -0.3 is 10.1 Å². The smallest absolute Gasteiger partial charge is 0.143 e. The minimum Gasteiger partial charge on any atom is -0.482 e. The van der Waals surface area contributed by atoms with Gasteiger partial charge in [0.15, 0.2) is 0 Å². The number of rotatable bonds is 1. The van der Waals surface area contributed by atoms with Crippen LogP contribution in [0.1, 0.15) is 28.4 Å². The van der Waals surface area contributed by atoms with Crippen molar-refractivity contribution in [1.29, 1.82) is 0 Å². The Bertz CT molecular complexity index is 598. The zero-order valence-corrected chi connectivity index (χ0v) is 11.7. The number of anilines is 1. The van der Waals surface area contributed by atoms with E-state index in [9.17, 15) is 0 Å². The standard InChI is InChI=1S/C17H19NO/c1-11-4-5-15-16(9-11)19-17(10-18-15)14-7-12(2)6-13(3)8-14/h4-9,17-18H,10H2,1-3H3. The maximum absolute atomic E-state index is 6.15. The second kappa shape index (κ2) is 4.61. The predicted octanol–water partition coefficient (Wildman–Crippen LogP) is 4.16. The normalized spacial score (nSPS) is 17.3. The van der Waals surface area contributed by atoms with Crippen molar-refractivity contribution in [3.63, 3.8) is 0 Å². The largest absolute Gasteiger partial charge is 0.482 e. The molecule has 1 heterocycles. The van der Waals surface area contributed by atoms with Gasteiger partial charge >= 0.3 is 0 Å². The van der Waals surface area contributed by atoms with Crippen molar-refractivity contribution in [3.8, 4) is 5.75 Å². The first-order valence-electron chi connectivity index (χ1n) is 6.71. The van der Waals surface area contributed by atoms with Crippen molar-refractivity contribution in [1.82, 2.24) is 0 Å². The highest BCUT2D eigenvalue weighted by Gasteiger charge is 2.21. The number of fused-ring (bicyclic) bond motifs is 1. The fourth-order valence-corrected chi connectivity index (χ4v) is 2.65. The summed E-state index contributed by atoms with van der Waals surface area (Å²) >= 11 is 0. The van der Waals surface area contributed by atoms with E-state index in [2.05, 4.69) is 62.5 Å². The van der Waals surface area contributed by atoms with Gasteiger partial charge in [-0.3, -0.25) is 0 Å². The molecule has 0 radical (unpaired) electrons. The zero-order valence-electron chi connectivity index (χ0n) is 11.7. The third kappa shape index (κ3) is 2.43. The fourth-order valence-electron chi connectivity index (χ4n) is 2.65. The maximum atomic E-state index is 6.15. The molecule has 1 unspecified atom stereocenters. The molecule has 0 fully saturated rings. The molecule has 0 spiro atoms. The Kier molecular flexibility index (Phi) is 2.94. The van der Waals surface area contributed by atoms with Gasteiger partial charge in [0.25, 0.3) is 0 Å². The zero-order chi connectivity index (χ0) is 13.4. The van der Waals surface area contributed by atoms with Crippen LogP contribution in [0.2, 0.25) is 0 Å². The average molecular weight is 253 g/mol. The molecular weight excluding hydrogens is 234 g/mol. The Morgan fingerprint density at radius 3 is 2.42 bits per heavy atom. The second-order valence-corrected chi connectivity index (χ2v) is 5.41. The maximum Gasteiger partial charge on any atom is 0.143 e. The third-order valence-corrected chi connectivity index (χ3v) is 3.50. The van der Waals surface area contributed by atoms with Crippen LogP contribution in [-0.4, -0.2) is 6.54 Å². The molecule has 2 aromatic carbocycles. The quantitative estimate of drug-likeness (QED) is 0.824. The van der Waals surface area contributed by atoms with Gasteiger partial charge in [-0.25, -0.2) is 0 Å². The first kappa shape index (κ1) is 12.1. The summed E-state index contributed by atoms with van der Waals surface area (Å²) in [6, 6.07) is 12.9. The monoisotopic (exact) mass is 253 g/mol. The van der Waals surface area contributed by atoms with Gasteiger partial charge in [-0.15, -0.1) is 0 Å². The molecule has 1 aliphatic rings. The Hall–Kier alpha value is -1.96. The van der Waals surface area contributed by atoms with Crippen LogP contribution in [0.3, 0.4) is 0 Å². The molecule has 0 saturated carbocycles. The molecule has 0 bridgehead atoms. The molecule has 2 heteroatoms. The van der Waals surface area contributed by atoms with Crippen LogP contribution in [0.4, 0.5) is 5.69 Å². The Labute approximate surface area is 114 Å². The van der Waals surface area contributed by atoms with E-state index < -0.39 is 0 Å². The summed E-state index contributed by atoms with van der Waals surface area (Å²) in [5.74, 6) is 0.954. The summed E-state index contributed by atoms with van der Waals surface area (Å²) < 4.78 is 6.15. The lowest BCUT2D eigenvalue weighted by Crippen LogP contribution is -2.23. The van der Waals surface area contributed by atoms with Crippen molar-refractivity contribution < 1.29 is 4.74 Å². The summed E-state index contributed by atoms with van der Waals surface area (Å²) in [6.45, 7) is 7.17.